The number of hydrogen-bond acceptors (Lipinski definition) is 3. The SMILES string of the molecule is Cc1nncn1-c1cc(Br)cc(C(=O)NC(C)(C)C)c1. The molecule has 5 nitrogen and oxygen atoms in total. The van der Waals surface area contributed by atoms with Crippen molar-refractivity contribution >= 4 is 21.8 Å². The number of benzene rings is 1. The average Bonchev–Trinajstić information content (AvgIpc) is 2.72. The Hall–Kier alpha value is -1.69. The van der Waals surface area contributed by atoms with Crippen LogP contribution in [0.4, 0.5) is 0 Å². The van der Waals surface area contributed by atoms with E-state index >= 15 is 0 Å². The number of halogens is 1. The number of amides is 1. The van der Waals surface area contributed by atoms with Gasteiger partial charge in [0.25, 0.3) is 5.91 Å². The van der Waals surface area contributed by atoms with Crippen LogP contribution in [0.2, 0.25) is 0 Å². The highest BCUT2D eigenvalue weighted by molar-refractivity contribution is 9.10. The van der Waals surface area contributed by atoms with E-state index in [0.717, 1.165) is 16.0 Å². The van der Waals surface area contributed by atoms with Crippen LogP contribution in [0.1, 0.15) is 37.0 Å². The van der Waals surface area contributed by atoms with Crippen LogP contribution in [0.25, 0.3) is 5.69 Å². The lowest BCUT2D eigenvalue weighted by molar-refractivity contribution is 0.0919. The Morgan fingerprint density at radius 2 is 2.00 bits per heavy atom. The van der Waals surface area contributed by atoms with Crippen molar-refractivity contribution in [2.75, 3.05) is 0 Å². The summed E-state index contributed by atoms with van der Waals surface area (Å²) in [6, 6.07) is 5.54. The lowest BCUT2D eigenvalue weighted by Gasteiger charge is -2.21. The molecule has 0 unspecified atom stereocenters. The Kier molecular flexibility index (Phi) is 3.94. The van der Waals surface area contributed by atoms with Crippen molar-refractivity contribution < 1.29 is 4.79 Å². The highest BCUT2D eigenvalue weighted by Gasteiger charge is 2.16. The maximum absolute atomic E-state index is 12.2. The van der Waals surface area contributed by atoms with E-state index in [4.69, 9.17) is 0 Å². The third-order valence-electron chi connectivity index (χ3n) is 2.63. The molecule has 106 valence electrons. The molecule has 2 aromatic rings. The zero-order valence-corrected chi connectivity index (χ0v) is 13.5. The van der Waals surface area contributed by atoms with Gasteiger partial charge < -0.3 is 5.32 Å². The van der Waals surface area contributed by atoms with E-state index in [1.165, 1.54) is 0 Å². The molecule has 20 heavy (non-hydrogen) atoms. The summed E-state index contributed by atoms with van der Waals surface area (Å²) in [6.45, 7) is 7.72. The van der Waals surface area contributed by atoms with E-state index in [0.29, 0.717) is 5.56 Å². The normalized spacial score (nSPS) is 11.4. The monoisotopic (exact) mass is 336 g/mol. The number of aromatic nitrogens is 3. The number of hydrogen-bond donors (Lipinski definition) is 1. The molecular formula is C14H17BrN4O. The van der Waals surface area contributed by atoms with Crippen molar-refractivity contribution in [3.05, 3.63) is 40.4 Å². The summed E-state index contributed by atoms with van der Waals surface area (Å²) in [6.07, 6.45) is 1.63. The molecule has 1 heterocycles. The van der Waals surface area contributed by atoms with E-state index in [-0.39, 0.29) is 11.4 Å². The fourth-order valence-electron chi connectivity index (χ4n) is 1.80. The van der Waals surface area contributed by atoms with E-state index in [9.17, 15) is 4.79 Å². The van der Waals surface area contributed by atoms with E-state index in [2.05, 4.69) is 31.4 Å². The van der Waals surface area contributed by atoms with Crippen molar-refractivity contribution in [2.24, 2.45) is 0 Å². The molecule has 0 radical (unpaired) electrons. The summed E-state index contributed by atoms with van der Waals surface area (Å²) in [5, 5.41) is 10.8. The molecule has 0 aliphatic carbocycles. The molecular weight excluding hydrogens is 320 g/mol. The van der Waals surface area contributed by atoms with Gasteiger partial charge >= 0.3 is 0 Å². The standard InChI is InChI=1S/C14H17BrN4O/c1-9-18-16-8-19(9)12-6-10(5-11(15)7-12)13(20)17-14(2,3)4/h5-8H,1-4H3,(H,17,20). The fraction of sp³-hybridized carbons (Fsp3) is 0.357. The van der Waals surface area contributed by atoms with Crippen molar-refractivity contribution in [1.82, 2.24) is 20.1 Å². The molecule has 0 aliphatic rings. The first-order valence-corrected chi connectivity index (χ1v) is 7.06. The molecule has 6 heteroatoms. The van der Waals surface area contributed by atoms with E-state index in [1.54, 1.807) is 12.4 Å². The molecule has 1 N–H and O–H groups in total. The zero-order valence-electron chi connectivity index (χ0n) is 11.9. The Morgan fingerprint density at radius 3 is 2.55 bits per heavy atom. The highest BCUT2D eigenvalue weighted by atomic mass is 79.9. The predicted molar refractivity (Wildman–Crippen MR) is 81.0 cm³/mol. The first-order chi connectivity index (χ1) is 9.26. The predicted octanol–water partition coefficient (Wildman–Crippen LogP) is 2.87. The minimum atomic E-state index is -0.272. The molecule has 1 aromatic carbocycles. The number of carbonyl (C=O) groups is 1. The summed E-state index contributed by atoms with van der Waals surface area (Å²) in [4.78, 5) is 12.2. The maximum atomic E-state index is 12.2. The lowest BCUT2D eigenvalue weighted by atomic mass is 10.1. The Morgan fingerprint density at radius 1 is 1.30 bits per heavy atom. The topological polar surface area (TPSA) is 59.8 Å². The molecule has 0 saturated carbocycles. The highest BCUT2D eigenvalue weighted by Crippen LogP contribution is 2.20. The third-order valence-corrected chi connectivity index (χ3v) is 3.09. The molecule has 0 bridgehead atoms. The molecule has 0 aliphatic heterocycles. The minimum absolute atomic E-state index is 0.106. The van der Waals surface area contributed by atoms with Gasteiger partial charge in [0.1, 0.15) is 12.2 Å². The smallest absolute Gasteiger partial charge is 0.251 e. The Balaban J connectivity index is 2.40. The quantitative estimate of drug-likeness (QED) is 0.917. The van der Waals surface area contributed by atoms with Crippen molar-refractivity contribution in [3.63, 3.8) is 0 Å². The van der Waals surface area contributed by atoms with Gasteiger partial charge in [-0.2, -0.15) is 0 Å². The van der Waals surface area contributed by atoms with Gasteiger partial charge in [-0.1, -0.05) is 15.9 Å². The van der Waals surface area contributed by atoms with Crippen LogP contribution in [-0.2, 0) is 0 Å². The summed E-state index contributed by atoms with van der Waals surface area (Å²) in [7, 11) is 0. The zero-order chi connectivity index (χ0) is 14.9. The van der Waals surface area contributed by atoms with E-state index in [1.807, 2.05) is 44.4 Å². The number of nitrogens with zero attached hydrogens (tertiary/aromatic N) is 3. The second-order valence-electron chi connectivity index (χ2n) is 5.65. The van der Waals surface area contributed by atoms with Gasteiger partial charge in [-0.15, -0.1) is 10.2 Å². The average molecular weight is 337 g/mol. The van der Waals surface area contributed by atoms with Crippen LogP contribution >= 0.6 is 15.9 Å². The summed E-state index contributed by atoms with van der Waals surface area (Å²) < 4.78 is 2.67. The summed E-state index contributed by atoms with van der Waals surface area (Å²) in [5.74, 6) is 0.663. The molecule has 2 rings (SSSR count). The third kappa shape index (κ3) is 3.45. The fourth-order valence-corrected chi connectivity index (χ4v) is 2.28. The van der Waals surface area contributed by atoms with Gasteiger partial charge in [0.05, 0.1) is 5.69 Å². The number of aryl methyl sites for hydroxylation is 1. The minimum Gasteiger partial charge on any atom is -0.347 e. The largest absolute Gasteiger partial charge is 0.347 e. The van der Waals surface area contributed by atoms with Crippen molar-refractivity contribution in [3.8, 4) is 5.69 Å². The van der Waals surface area contributed by atoms with E-state index < -0.39 is 0 Å². The Labute approximate surface area is 126 Å². The van der Waals surface area contributed by atoms with Gasteiger partial charge in [-0.3, -0.25) is 9.36 Å². The molecule has 0 atom stereocenters. The van der Waals surface area contributed by atoms with Crippen molar-refractivity contribution in [1.29, 1.82) is 0 Å². The van der Waals surface area contributed by atoms with Gasteiger partial charge in [0.2, 0.25) is 0 Å². The summed E-state index contributed by atoms with van der Waals surface area (Å²) >= 11 is 3.44. The number of nitrogens with one attached hydrogen (secondary N) is 1. The van der Waals surface area contributed by atoms with Crippen LogP contribution < -0.4 is 5.32 Å². The number of rotatable bonds is 2. The maximum Gasteiger partial charge on any atom is 0.251 e. The van der Waals surface area contributed by atoms with Gasteiger partial charge in [0, 0.05) is 15.6 Å². The van der Waals surface area contributed by atoms with Gasteiger partial charge in [-0.25, -0.2) is 0 Å². The molecule has 1 amide bonds. The Bertz CT molecular complexity index is 643. The van der Waals surface area contributed by atoms with Crippen LogP contribution in [0, 0.1) is 6.92 Å². The number of carbonyl (C=O) groups excluding carboxylic acids is 1. The van der Waals surface area contributed by atoms with Crippen LogP contribution in [-0.4, -0.2) is 26.2 Å². The van der Waals surface area contributed by atoms with Gasteiger partial charge in [0.15, 0.2) is 0 Å². The van der Waals surface area contributed by atoms with Gasteiger partial charge in [-0.05, 0) is 45.9 Å². The first-order valence-electron chi connectivity index (χ1n) is 6.26. The summed E-state index contributed by atoms with van der Waals surface area (Å²) in [5.41, 5.74) is 1.17. The molecule has 0 spiro atoms. The first kappa shape index (κ1) is 14.7. The van der Waals surface area contributed by atoms with Crippen LogP contribution in [0.3, 0.4) is 0 Å². The van der Waals surface area contributed by atoms with Crippen molar-refractivity contribution in [2.45, 2.75) is 33.2 Å². The second-order valence-corrected chi connectivity index (χ2v) is 6.57. The van der Waals surface area contributed by atoms with Crippen LogP contribution in [0.5, 0.6) is 0 Å². The lowest BCUT2D eigenvalue weighted by Crippen LogP contribution is -2.40. The second kappa shape index (κ2) is 5.36. The molecule has 1 aromatic heterocycles. The molecule has 0 saturated heterocycles. The molecule has 0 fully saturated rings. The van der Waals surface area contributed by atoms with Crippen LogP contribution in [0.15, 0.2) is 29.0 Å².